The van der Waals surface area contributed by atoms with Crippen molar-refractivity contribution in [3.63, 3.8) is 0 Å². The van der Waals surface area contributed by atoms with Gasteiger partial charge in [-0.15, -0.1) is 0 Å². The minimum absolute atomic E-state index is 0.0505. The standard InChI is InChI=1S/C26H22N2O2S/c27-25(31)19-11-2-1-9-18(19)10-7-8-16-28-26(29)30-17-24-22-14-5-3-12-20(22)21-13-4-6-15-23(21)24/h1-6,9,11-15,24H,8,16-17H2,(H2,27,31)(H,28,29). The number of fused-ring (bicyclic) bond motifs is 3. The summed E-state index contributed by atoms with van der Waals surface area (Å²) < 4.78 is 5.52. The summed E-state index contributed by atoms with van der Waals surface area (Å²) in [4.78, 5) is 12.5. The van der Waals surface area contributed by atoms with Crippen LogP contribution < -0.4 is 11.1 Å². The maximum absolute atomic E-state index is 12.2. The van der Waals surface area contributed by atoms with Crippen molar-refractivity contribution in [2.45, 2.75) is 12.3 Å². The Balaban J connectivity index is 1.30. The second kappa shape index (κ2) is 9.46. The molecule has 0 fully saturated rings. The Morgan fingerprint density at radius 1 is 0.968 bits per heavy atom. The lowest BCUT2D eigenvalue weighted by molar-refractivity contribution is 0.143. The highest BCUT2D eigenvalue weighted by Crippen LogP contribution is 2.44. The molecule has 0 atom stereocenters. The van der Waals surface area contributed by atoms with Crippen molar-refractivity contribution < 1.29 is 9.53 Å². The van der Waals surface area contributed by atoms with Crippen molar-refractivity contribution in [3.05, 3.63) is 95.1 Å². The molecule has 0 aliphatic heterocycles. The molecule has 0 unspecified atom stereocenters. The number of alkyl carbamates (subject to hydrolysis) is 1. The van der Waals surface area contributed by atoms with E-state index in [1.54, 1.807) is 0 Å². The average Bonchev–Trinajstić information content (AvgIpc) is 3.11. The van der Waals surface area contributed by atoms with Crippen LogP contribution in [0, 0.1) is 11.8 Å². The van der Waals surface area contributed by atoms with E-state index in [4.69, 9.17) is 22.7 Å². The topological polar surface area (TPSA) is 64.3 Å². The third-order valence-corrected chi connectivity index (χ3v) is 5.50. The van der Waals surface area contributed by atoms with Crippen LogP contribution in [0.1, 0.15) is 34.6 Å². The zero-order valence-corrected chi connectivity index (χ0v) is 17.7. The normalized spacial score (nSPS) is 11.6. The number of thiocarbonyl (C=S) groups is 1. The zero-order valence-electron chi connectivity index (χ0n) is 16.9. The summed E-state index contributed by atoms with van der Waals surface area (Å²) >= 11 is 5.05. The summed E-state index contributed by atoms with van der Waals surface area (Å²) in [6, 6.07) is 24.0. The van der Waals surface area contributed by atoms with E-state index in [0.717, 1.165) is 11.1 Å². The number of hydrogen-bond donors (Lipinski definition) is 2. The van der Waals surface area contributed by atoms with Crippen LogP contribution in [0.25, 0.3) is 11.1 Å². The molecule has 1 aliphatic carbocycles. The van der Waals surface area contributed by atoms with Crippen molar-refractivity contribution in [1.29, 1.82) is 0 Å². The van der Waals surface area contributed by atoms with E-state index >= 15 is 0 Å². The molecule has 1 aliphatic rings. The third-order valence-electron chi connectivity index (χ3n) is 5.28. The van der Waals surface area contributed by atoms with E-state index in [-0.39, 0.29) is 5.92 Å². The Morgan fingerprint density at radius 3 is 2.26 bits per heavy atom. The number of carbonyl (C=O) groups is 1. The number of nitrogens with one attached hydrogen (secondary N) is 1. The van der Waals surface area contributed by atoms with Crippen LogP contribution in [0.3, 0.4) is 0 Å². The van der Waals surface area contributed by atoms with Gasteiger partial charge in [-0.25, -0.2) is 4.79 Å². The van der Waals surface area contributed by atoms with Gasteiger partial charge in [0.2, 0.25) is 0 Å². The molecule has 0 aromatic heterocycles. The number of nitrogens with two attached hydrogens (primary N) is 1. The summed E-state index contributed by atoms with van der Waals surface area (Å²) in [5.41, 5.74) is 12.1. The second-order valence-electron chi connectivity index (χ2n) is 7.21. The van der Waals surface area contributed by atoms with Crippen LogP contribution >= 0.6 is 12.2 Å². The van der Waals surface area contributed by atoms with Gasteiger partial charge in [-0.3, -0.25) is 0 Å². The number of amides is 1. The van der Waals surface area contributed by atoms with Crippen LogP contribution in [-0.2, 0) is 4.74 Å². The molecule has 0 heterocycles. The van der Waals surface area contributed by atoms with Gasteiger partial charge in [0.25, 0.3) is 0 Å². The van der Waals surface area contributed by atoms with Gasteiger partial charge in [0.15, 0.2) is 0 Å². The van der Waals surface area contributed by atoms with Gasteiger partial charge in [-0.1, -0.05) is 90.8 Å². The van der Waals surface area contributed by atoms with Crippen LogP contribution in [0.15, 0.2) is 72.8 Å². The molecule has 0 saturated heterocycles. The first kappa shape index (κ1) is 20.6. The van der Waals surface area contributed by atoms with E-state index < -0.39 is 6.09 Å². The van der Waals surface area contributed by atoms with Crippen LogP contribution in [0.4, 0.5) is 4.79 Å². The first-order chi connectivity index (χ1) is 15.1. The Morgan fingerprint density at radius 2 is 1.58 bits per heavy atom. The SMILES string of the molecule is NC(=S)c1ccccc1C#CCCNC(=O)OCC1c2ccccc2-c2ccccc21. The zero-order chi connectivity index (χ0) is 21.6. The lowest BCUT2D eigenvalue weighted by Crippen LogP contribution is -2.26. The number of ether oxygens (including phenoxy) is 1. The van der Waals surface area contributed by atoms with E-state index in [1.165, 1.54) is 22.3 Å². The van der Waals surface area contributed by atoms with Crippen LogP contribution in [0.5, 0.6) is 0 Å². The predicted octanol–water partition coefficient (Wildman–Crippen LogP) is 4.60. The fourth-order valence-corrected chi connectivity index (χ4v) is 4.02. The Hall–Kier alpha value is -3.62. The number of hydrogen-bond acceptors (Lipinski definition) is 3. The first-order valence-electron chi connectivity index (χ1n) is 10.1. The van der Waals surface area contributed by atoms with Gasteiger partial charge in [0.1, 0.15) is 11.6 Å². The van der Waals surface area contributed by atoms with E-state index in [9.17, 15) is 4.79 Å². The molecule has 31 heavy (non-hydrogen) atoms. The van der Waals surface area contributed by atoms with E-state index in [2.05, 4.69) is 41.4 Å². The molecule has 0 spiro atoms. The van der Waals surface area contributed by atoms with Gasteiger partial charge in [0.05, 0.1) is 0 Å². The molecule has 0 saturated carbocycles. The summed E-state index contributed by atoms with van der Waals surface area (Å²) in [6.07, 6.45) is 0.0581. The Kier molecular flexibility index (Phi) is 6.30. The lowest BCUT2D eigenvalue weighted by atomic mass is 9.98. The summed E-state index contributed by atoms with van der Waals surface area (Å²) in [5.74, 6) is 6.15. The highest BCUT2D eigenvalue weighted by Gasteiger charge is 2.28. The molecule has 0 radical (unpaired) electrons. The third kappa shape index (κ3) is 4.60. The maximum atomic E-state index is 12.2. The maximum Gasteiger partial charge on any atom is 0.407 e. The largest absolute Gasteiger partial charge is 0.449 e. The van der Waals surface area contributed by atoms with Gasteiger partial charge in [-0.05, 0) is 28.3 Å². The number of rotatable bonds is 5. The van der Waals surface area contributed by atoms with Gasteiger partial charge in [-0.2, -0.15) is 0 Å². The Bertz CT molecular complexity index is 1150. The van der Waals surface area contributed by atoms with Crippen molar-refractivity contribution in [2.24, 2.45) is 5.73 Å². The molecule has 154 valence electrons. The van der Waals surface area contributed by atoms with Crippen LogP contribution in [-0.4, -0.2) is 24.2 Å². The van der Waals surface area contributed by atoms with Crippen molar-refractivity contribution in [2.75, 3.05) is 13.2 Å². The predicted molar refractivity (Wildman–Crippen MR) is 127 cm³/mol. The highest BCUT2D eigenvalue weighted by atomic mass is 32.1. The minimum atomic E-state index is -0.438. The average molecular weight is 427 g/mol. The first-order valence-corrected chi connectivity index (χ1v) is 10.5. The monoisotopic (exact) mass is 426 g/mol. The minimum Gasteiger partial charge on any atom is -0.449 e. The van der Waals surface area contributed by atoms with Crippen molar-refractivity contribution in [3.8, 4) is 23.0 Å². The van der Waals surface area contributed by atoms with Gasteiger partial charge < -0.3 is 15.8 Å². The molecule has 4 nitrogen and oxygen atoms in total. The van der Waals surface area contributed by atoms with Crippen LogP contribution in [0.2, 0.25) is 0 Å². The second-order valence-corrected chi connectivity index (χ2v) is 7.65. The molecule has 4 rings (SSSR count). The van der Waals surface area contributed by atoms with Gasteiger partial charge in [0, 0.05) is 30.0 Å². The molecular weight excluding hydrogens is 404 g/mol. The molecule has 3 aromatic rings. The fraction of sp³-hybridized carbons (Fsp3) is 0.154. The molecular formula is C26H22N2O2S. The van der Waals surface area contributed by atoms with E-state index in [1.807, 2.05) is 48.5 Å². The lowest BCUT2D eigenvalue weighted by Gasteiger charge is -2.14. The quantitative estimate of drug-likeness (QED) is 0.356. The molecule has 3 aromatic carbocycles. The molecule has 5 heteroatoms. The number of carbonyl (C=O) groups excluding carboxylic acids is 1. The number of benzene rings is 3. The fourth-order valence-electron chi connectivity index (χ4n) is 3.84. The summed E-state index contributed by atoms with van der Waals surface area (Å²) in [5, 5.41) is 2.76. The highest BCUT2D eigenvalue weighted by molar-refractivity contribution is 7.80. The van der Waals surface area contributed by atoms with E-state index in [0.29, 0.717) is 24.6 Å². The molecule has 0 bridgehead atoms. The summed E-state index contributed by atoms with van der Waals surface area (Å²) in [6.45, 7) is 0.700. The molecule has 3 N–H and O–H groups in total. The van der Waals surface area contributed by atoms with Gasteiger partial charge >= 0.3 is 6.09 Å². The Labute approximate surface area is 187 Å². The molecule has 1 amide bonds. The smallest absolute Gasteiger partial charge is 0.407 e. The summed E-state index contributed by atoms with van der Waals surface area (Å²) in [7, 11) is 0. The van der Waals surface area contributed by atoms with Crippen molar-refractivity contribution >= 4 is 23.3 Å². The van der Waals surface area contributed by atoms with Crippen molar-refractivity contribution in [1.82, 2.24) is 5.32 Å².